The maximum atomic E-state index is 13.0. The van der Waals surface area contributed by atoms with Gasteiger partial charge in [0.05, 0.1) is 0 Å². The number of fused-ring (bicyclic) bond motifs is 1. The minimum absolute atomic E-state index is 0.185. The van der Waals surface area contributed by atoms with Gasteiger partial charge in [-0.1, -0.05) is 30.3 Å². The van der Waals surface area contributed by atoms with Crippen LogP contribution in [0, 0.1) is 5.82 Å². The van der Waals surface area contributed by atoms with Gasteiger partial charge in [-0.05, 0) is 60.6 Å². The molecule has 2 aromatic rings. The number of benzene rings is 2. The van der Waals surface area contributed by atoms with E-state index in [0.717, 1.165) is 35.3 Å². The van der Waals surface area contributed by atoms with E-state index in [0.29, 0.717) is 0 Å². The molecule has 6 nitrogen and oxygen atoms in total. The molecule has 1 fully saturated rings. The van der Waals surface area contributed by atoms with E-state index < -0.39 is 23.4 Å². The molecule has 0 radical (unpaired) electrons. The van der Waals surface area contributed by atoms with Gasteiger partial charge in [-0.15, -0.1) is 0 Å². The van der Waals surface area contributed by atoms with E-state index in [4.69, 9.17) is 0 Å². The van der Waals surface area contributed by atoms with Crippen molar-refractivity contribution in [3.63, 3.8) is 0 Å². The van der Waals surface area contributed by atoms with E-state index >= 15 is 0 Å². The highest BCUT2D eigenvalue weighted by Gasteiger charge is 2.49. The molecule has 1 aliphatic carbocycles. The summed E-state index contributed by atoms with van der Waals surface area (Å²) in [6.45, 7) is 1.48. The van der Waals surface area contributed by atoms with Gasteiger partial charge in [0.1, 0.15) is 17.9 Å². The number of imide groups is 1. The first kappa shape index (κ1) is 19.1. The molecule has 4 rings (SSSR count). The highest BCUT2D eigenvalue weighted by molar-refractivity contribution is 6.09. The molecule has 0 aromatic heterocycles. The summed E-state index contributed by atoms with van der Waals surface area (Å²) >= 11 is 0. The first-order valence-electron chi connectivity index (χ1n) is 9.64. The maximum Gasteiger partial charge on any atom is 0.325 e. The van der Waals surface area contributed by atoms with Crippen molar-refractivity contribution in [1.29, 1.82) is 0 Å². The highest BCUT2D eigenvalue weighted by atomic mass is 19.1. The summed E-state index contributed by atoms with van der Waals surface area (Å²) in [5.74, 6) is -1.27. The third-order valence-corrected chi connectivity index (χ3v) is 5.66. The number of nitrogens with zero attached hydrogens (tertiary/aromatic N) is 1. The Morgan fingerprint density at radius 2 is 1.86 bits per heavy atom. The molecule has 0 spiro atoms. The lowest BCUT2D eigenvalue weighted by atomic mass is 9.89. The predicted molar refractivity (Wildman–Crippen MR) is 104 cm³/mol. The number of rotatable bonds is 5. The number of carbonyl (C=O) groups is 3. The van der Waals surface area contributed by atoms with Crippen molar-refractivity contribution >= 4 is 17.8 Å². The molecule has 2 N–H and O–H groups in total. The lowest BCUT2D eigenvalue weighted by Crippen LogP contribution is -2.43. The van der Waals surface area contributed by atoms with Gasteiger partial charge in [0, 0.05) is 6.54 Å². The van der Waals surface area contributed by atoms with Crippen molar-refractivity contribution < 1.29 is 18.8 Å². The van der Waals surface area contributed by atoms with Gasteiger partial charge < -0.3 is 10.6 Å². The number of hydrogen-bond acceptors (Lipinski definition) is 3. The normalized spacial score (nSPS) is 20.6. The van der Waals surface area contributed by atoms with Crippen LogP contribution in [0.4, 0.5) is 9.18 Å². The van der Waals surface area contributed by atoms with E-state index in [2.05, 4.69) is 10.6 Å². The molecule has 1 heterocycles. The SMILES string of the molecule is CC1(c2ccc3c(c2)CCC3)NC(=O)N(CC(=O)NCc2ccc(F)cc2)C1=O. The van der Waals surface area contributed by atoms with Gasteiger partial charge in [-0.25, -0.2) is 9.18 Å². The Bertz CT molecular complexity index is 989. The second-order valence-corrected chi connectivity index (χ2v) is 7.69. The van der Waals surface area contributed by atoms with Crippen LogP contribution in [0.15, 0.2) is 42.5 Å². The summed E-state index contributed by atoms with van der Waals surface area (Å²) in [4.78, 5) is 38.6. The topological polar surface area (TPSA) is 78.5 Å². The zero-order valence-electron chi connectivity index (χ0n) is 16.1. The third-order valence-electron chi connectivity index (χ3n) is 5.66. The van der Waals surface area contributed by atoms with Crippen molar-refractivity contribution in [3.05, 3.63) is 70.5 Å². The Morgan fingerprint density at radius 1 is 1.14 bits per heavy atom. The standard InChI is InChI=1S/C22H22FN3O3/c1-22(17-8-7-15-3-2-4-16(15)11-17)20(28)26(21(29)25-22)13-19(27)24-12-14-5-9-18(23)10-6-14/h5-11H,2-4,12-13H2,1H3,(H,24,27)(H,25,29). The Morgan fingerprint density at radius 3 is 2.62 bits per heavy atom. The van der Waals surface area contributed by atoms with Crippen LogP contribution >= 0.6 is 0 Å². The number of hydrogen-bond donors (Lipinski definition) is 2. The second-order valence-electron chi connectivity index (χ2n) is 7.69. The van der Waals surface area contributed by atoms with Crippen molar-refractivity contribution in [2.75, 3.05) is 6.54 Å². The summed E-state index contributed by atoms with van der Waals surface area (Å²) < 4.78 is 13.0. The first-order chi connectivity index (χ1) is 13.9. The van der Waals surface area contributed by atoms with Gasteiger partial charge in [0.25, 0.3) is 5.91 Å². The maximum absolute atomic E-state index is 13.0. The van der Waals surface area contributed by atoms with Crippen molar-refractivity contribution in [2.45, 2.75) is 38.3 Å². The number of nitrogens with one attached hydrogen (secondary N) is 2. The molecule has 2 aromatic carbocycles. The highest BCUT2D eigenvalue weighted by Crippen LogP contribution is 2.32. The molecule has 7 heteroatoms. The quantitative estimate of drug-likeness (QED) is 0.763. The largest absolute Gasteiger partial charge is 0.350 e. The summed E-state index contributed by atoms with van der Waals surface area (Å²) in [5.41, 5.74) is 2.75. The monoisotopic (exact) mass is 395 g/mol. The molecule has 29 heavy (non-hydrogen) atoms. The van der Waals surface area contributed by atoms with Gasteiger partial charge in [0.2, 0.25) is 5.91 Å². The third kappa shape index (κ3) is 3.60. The number of urea groups is 1. The first-order valence-corrected chi connectivity index (χ1v) is 9.64. The molecule has 2 aliphatic rings. The van der Waals surface area contributed by atoms with Gasteiger partial charge in [0.15, 0.2) is 0 Å². The number of halogens is 1. The minimum Gasteiger partial charge on any atom is -0.350 e. The van der Waals surface area contributed by atoms with Crippen LogP contribution in [0.3, 0.4) is 0 Å². The molecule has 1 aliphatic heterocycles. The molecule has 0 saturated carbocycles. The van der Waals surface area contributed by atoms with Crippen LogP contribution in [0.2, 0.25) is 0 Å². The zero-order chi connectivity index (χ0) is 20.6. The van der Waals surface area contributed by atoms with Gasteiger partial charge in [-0.3, -0.25) is 14.5 Å². The number of aryl methyl sites for hydroxylation is 2. The summed E-state index contributed by atoms with van der Waals surface area (Å²) in [7, 11) is 0. The molecular formula is C22H22FN3O3. The van der Waals surface area contributed by atoms with E-state index in [9.17, 15) is 18.8 Å². The molecule has 0 bridgehead atoms. The molecule has 1 unspecified atom stereocenters. The van der Waals surface area contributed by atoms with E-state index in [1.807, 2.05) is 18.2 Å². The summed E-state index contributed by atoms with van der Waals surface area (Å²) in [6, 6.07) is 11.0. The van der Waals surface area contributed by atoms with Crippen LogP contribution < -0.4 is 10.6 Å². The fourth-order valence-corrected chi connectivity index (χ4v) is 3.92. The van der Waals surface area contributed by atoms with Crippen LogP contribution in [-0.4, -0.2) is 29.3 Å². The van der Waals surface area contributed by atoms with Gasteiger partial charge in [-0.2, -0.15) is 0 Å². The Balaban J connectivity index is 1.43. The van der Waals surface area contributed by atoms with Crippen LogP contribution in [0.25, 0.3) is 0 Å². The lowest BCUT2D eigenvalue weighted by Gasteiger charge is -2.23. The van der Waals surface area contributed by atoms with E-state index in [-0.39, 0.29) is 18.9 Å². The fraction of sp³-hybridized carbons (Fsp3) is 0.318. The van der Waals surface area contributed by atoms with E-state index in [1.165, 1.54) is 23.3 Å². The second kappa shape index (κ2) is 7.31. The van der Waals surface area contributed by atoms with Crippen molar-refractivity contribution in [2.24, 2.45) is 0 Å². The van der Waals surface area contributed by atoms with Gasteiger partial charge >= 0.3 is 6.03 Å². The average molecular weight is 395 g/mol. The number of carbonyl (C=O) groups excluding carboxylic acids is 3. The zero-order valence-corrected chi connectivity index (χ0v) is 16.1. The Kier molecular flexibility index (Phi) is 4.82. The van der Waals surface area contributed by atoms with Crippen LogP contribution in [-0.2, 0) is 34.5 Å². The molecule has 1 atom stereocenters. The molecular weight excluding hydrogens is 373 g/mol. The minimum atomic E-state index is -1.19. The lowest BCUT2D eigenvalue weighted by molar-refractivity contribution is -0.134. The molecule has 150 valence electrons. The smallest absolute Gasteiger partial charge is 0.325 e. The average Bonchev–Trinajstić information content (AvgIpc) is 3.26. The number of amides is 4. The van der Waals surface area contributed by atoms with E-state index in [1.54, 1.807) is 19.1 Å². The summed E-state index contributed by atoms with van der Waals surface area (Å²) in [6.07, 6.45) is 3.10. The fourth-order valence-electron chi connectivity index (χ4n) is 3.92. The van der Waals surface area contributed by atoms with Crippen LogP contribution in [0.1, 0.15) is 35.6 Å². The van der Waals surface area contributed by atoms with Crippen molar-refractivity contribution in [3.8, 4) is 0 Å². The predicted octanol–water partition coefficient (Wildman–Crippen LogP) is 2.40. The van der Waals surface area contributed by atoms with Crippen LogP contribution in [0.5, 0.6) is 0 Å². The van der Waals surface area contributed by atoms with Crippen molar-refractivity contribution in [1.82, 2.24) is 15.5 Å². The summed E-state index contributed by atoms with van der Waals surface area (Å²) in [5, 5.41) is 5.39. The molecule has 1 saturated heterocycles. The molecule has 4 amide bonds. The Labute approximate surface area is 168 Å². The Hall–Kier alpha value is -3.22.